The van der Waals surface area contributed by atoms with Crippen LogP contribution in [0.1, 0.15) is 12.7 Å². The molecule has 144 valence electrons. The van der Waals surface area contributed by atoms with E-state index >= 15 is 0 Å². The summed E-state index contributed by atoms with van der Waals surface area (Å²) in [6, 6.07) is 4.06. The summed E-state index contributed by atoms with van der Waals surface area (Å²) < 4.78 is 12.8. The van der Waals surface area contributed by atoms with Crippen molar-refractivity contribution >= 4 is 32.9 Å². The summed E-state index contributed by atoms with van der Waals surface area (Å²) in [7, 11) is 0. The molecule has 4 rings (SSSR count). The van der Waals surface area contributed by atoms with Crippen molar-refractivity contribution in [3.8, 4) is 10.4 Å². The number of morpholine rings is 1. The average molecular weight is 406 g/mol. The Hall–Kier alpha value is -1.58. The van der Waals surface area contributed by atoms with Crippen molar-refractivity contribution in [2.45, 2.75) is 20.0 Å². The molecule has 0 unspecified atom stereocenters. The van der Waals surface area contributed by atoms with Crippen molar-refractivity contribution in [1.82, 2.24) is 14.5 Å². The molecule has 1 fully saturated rings. The molecule has 27 heavy (non-hydrogen) atoms. The summed E-state index contributed by atoms with van der Waals surface area (Å²) in [6.07, 6.45) is 0. The highest BCUT2D eigenvalue weighted by molar-refractivity contribution is 7.18. The summed E-state index contributed by atoms with van der Waals surface area (Å²) in [4.78, 5) is 22.5. The second-order valence-corrected chi connectivity index (χ2v) is 8.18. The van der Waals surface area contributed by atoms with Crippen LogP contribution in [0.15, 0.2) is 27.7 Å². The minimum atomic E-state index is 0.0348. The molecule has 0 saturated carbocycles. The molecule has 3 aromatic heterocycles. The molecule has 0 bridgehead atoms. The molecule has 0 radical (unpaired) electrons. The molecule has 0 aliphatic carbocycles. The lowest BCUT2D eigenvalue weighted by Crippen LogP contribution is -2.38. The van der Waals surface area contributed by atoms with Crippen LogP contribution in [0.3, 0.4) is 0 Å². The number of fused-ring (bicyclic) bond motifs is 1. The summed E-state index contributed by atoms with van der Waals surface area (Å²) >= 11 is 3.20. The maximum atomic E-state index is 13.4. The largest absolute Gasteiger partial charge is 0.380 e. The Morgan fingerprint density at radius 3 is 2.89 bits per heavy atom. The first-order chi connectivity index (χ1) is 13.3. The molecule has 1 aliphatic rings. The zero-order valence-corrected chi connectivity index (χ0v) is 17.0. The molecule has 3 aromatic rings. The predicted octanol–water partition coefficient (Wildman–Crippen LogP) is 3.06. The molecular weight excluding hydrogens is 382 g/mol. The van der Waals surface area contributed by atoms with Crippen LogP contribution >= 0.6 is 22.7 Å². The first-order valence-electron chi connectivity index (χ1n) is 9.20. The summed E-state index contributed by atoms with van der Waals surface area (Å²) in [5, 5.41) is 4.81. The van der Waals surface area contributed by atoms with Crippen LogP contribution in [0.25, 0.3) is 20.7 Å². The lowest BCUT2D eigenvalue weighted by Gasteiger charge is -2.27. The Morgan fingerprint density at radius 2 is 2.15 bits per heavy atom. The van der Waals surface area contributed by atoms with Crippen molar-refractivity contribution in [1.29, 1.82) is 0 Å². The standard InChI is InChI=1S/C19H23N3O3S2/c1-2-24-10-7-22-16(12-21-5-8-25-9-6-21)20-18-17(19(22)23)14(13-27-18)15-4-3-11-26-15/h3-4,11,13H,2,5-10,12H2,1H3. The Labute approximate surface area is 166 Å². The molecule has 0 N–H and O–H groups in total. The number of aromatic nitrogens is 2. The van der Waals surface area contributed by atoms with Gasteiger partial charge in [-0.3, -0.25) is 14.3 Å². The van der Waals surface area contributed by atoms with Gasteiger partial charge in [0.25, 0.3) is 5.56 Å². The predicted molar refractivity (Wildman–Crippen MR) is 110 cm³/mol. The van der Waals surface area contributed by atoms with E-state index in [0.717, 1.165) is 52.8 Å². The molecule has 0 aromatic carbocycles. The van der Waals surface area contributed by atoms with E-state index in [2.05, 4.69) is 16.3 Å². The van der Waals surface area contributed by atoms with Gasteiger partial charge in [0.15, 0.2) is 0 Å². The van der Waals surface area contributed by atoms with Crippen LogP contribution in [-0.4, -0.2) is 54.0 Å². The third-order valence-corrected chi connectivity index (χ3v) is 6.47. The van der Waals surface area contributed by atoms with Gasteiger partial charge in [-0.15, -0.1) is 22.7 Å². The summed E-state index contributed by atoms with van der Waals surface area (Å²) in [5.74, 6) is 0.814. The lowest BCUT2D eigenvalue weighted by atomic mass is 10.2. The molecule has 0 spiro atoms. The van der Waals surface area contributed by atoms with Crippen LogP contribution in [0, 0.1) is 0 Å². The van der Waals surface area contributed by atoms with E-state index in [0.29, 0.717) is 26.3 Å². The van der Waals surface area contributed by atoms with E-state index in [-0.39, 0.29) is 5.56 Å². The number of hydrogen-bond acceptors (Lipinski definition) is 7. The van der Waals surface area contributed by atoms with Crippen molar-refractivity contribution < 1.29 is 9.47 Å². The van der Waals surface area contributed by atoms with Gasteiger partial charge in [0.2, 0.25) is 0 Å². The van der Waals surface area contributed by atoms with E-state index in [9.17, 15) is 4.79 Å². The van der Waals surface area contributed by atoms with Crippen LogP contribution in [0.2, 0.25) is 0 Å². The third-order valence-electron chi connectivity index (χ3n) is 4.69. The maximum absolute atomic E-state index is 13.4. The minimum Gasteiger partial charge on any atom is -0.380 e. The topological polar surface area (TPSA) is 56.6 Å². The van der Waals surface area contributed by atoms with Crippen LogP contribution < -0.4 is 5.56 Å². The van der Waals surface area contributed by atoms with E-state index in [1.165, 1.54) is 0 Å². The van der Waals surface area contributed by atoms with E-state index < -0.39 is 0 Å². The van der Waals surface area contributed by atoms with Crippen LogP contribution in [0.5, 0.6) is 0 Å². The van der Waals surface area contributed by atoms with E-state index in [1.807, 2.05) is 18.4 Å². The zero-order chi connectivity index (χ0) is 18.6. The number of hydrogen-bond donors (Lipinski definition) is 0. The molecule has 4 heterocycles. The molecule has 1 aliphatic heterocycles. The van der Waals surface area contributed by atoms with E-state index in [4.69, 9.17) is 14.5 Å². The fourth-order valence-electron chi connectivity index (χ4n) is 3.29. The normalized spacial score (nSPS) is 15.6. The molecular formula is C19H23N3O3S2. The van der Waals surface area contributed by atoms with Gasteiger partial charge in [-0.2, -0.15) is 0 Å². The second kappa shape index (κ2) is 8.62. The van der Waals surface area contributed by atoms with Crippen molar-refractivity contribution in [3.05, 3.63) is 39.1 Å². The first kappa shape index (κ1) is 18.8. The Morgan fingerprint density at radius 1 is 1.30 bits per heavy atom. The molecule has 6 nitrogen and oxygen atoms in total. The first-order valence-corrected chi connectivity index (χ1v) is 11.0. The number of nitrogens with zero attached hydrogens (tertiary/aromatic N) is 3. The summed E-state index contributed by atoms with van der Waals surface area (Å²) in [5.41, 5.74) is 1.03. The highest BCUT2D eigenvalue weighted by Crippen LogP contribution is 2.33. The van der Waals surface area contributed by atoms with E-state index in [1.54, 1.807) is 27.2 Å². The Bertz CT molecular complexity index is 943. The van der Waals surface area contributed by atoms with Gasteiger partial charge >= 0.3 is 0 Å². The molecule has 0 amide bonds. The quantitative estimate of drug-likeness (QED) is 0.566. The van der Waals surface area contributed by atoms with Crippen LogP contribution in [-0.2, 0) is 22.6 Å². The smallest absolute Gasteiger partial charge is 0.263 e. The van der Waals surface area contributed by atoms with Crippen molar-refractivity contribution in [3.63, 3.8) is 0 Å². The number of rotatable bonds is 7. The van der Waals surface area contributed by atoms with Gasteiger partial charge in [0.1, 0.15) is 10.7 Å². The maximum Gasteiger partial charge on any atom is 0.263 e. The average Bonchev–Trinajstić information content (AvgIpc) is 3.34. The van der Waals surface area contributed by atoms with Crippen molar-refractivity contribution in [2.24, 2.45) is 0 Å². The molecule has 1 saturated heterocycles. The summed E-state index contributed by atoms with van der Waals surface area (Å²) in [6.45, 7) is 7.49. The van der Waals surface area contributed by atoms with Gasteiger partial charge in [-0.25, -0.2) is 4.98 Å². The zero-order valence-electron chi connectivity index (χ0n) is 15.3. The third kappa shape index (κ3) is 4.00. The second-order valence-electron chi connectivity index (χ2n) is 6.38. The fourth-order valence-corrected chi connectivity index (χ4v) is 5.06. The molecule has 8 heteroatoms. The SMILES string of the molecule is CCOCCn1c(CN2CCOCC2)nc2scc(-c3cccs3)c2c1=O. The minimum absolute atomic E-state index is 0.0348. The highest BCUT2D eigenvalue weighted by atomic mass is 32.1. The fraction of sp³-hybridized carbons (Fsp3) is 0.474. The molecule has 0 atom stereocenters. The lowest BCUT2D eigenvalue weighted by molar-refractivity contribution is 0.0321. The van der Waals surface area contributed by atoms with Gasteiger partial charge in [-0.1, -0.05) is 6.07 Å². The van der Waals surface area contributed by atoms with Crippen LogP contribution in [0.4, 0.5) is 0 Å². The number of thiophene rings is 2. The number of ether oxygens (including phenoxy) is 2. The van der Waals surface area contributed by atoms with Gasteiger partial charge in [-0.05, 0) is 18.4 Å². The highest BCUT2D eigenvalue weighted by Gasteiger charge is 2.20. The van der Waals surface area contributed by atoms with Gasteiger partial charge in [0, 0.05) is 35.5 Å². The monoisotopic (exact) mass is 405 g/mol. The Balaban J connectivity index is 1.76. The van der Waals surface area contributed by atoms with Crippen molar-refractivity contribution in [2.75, 3.05) is 39.5 Å². The van der Waals surface area contributed by atoms with Gasteiger partial charge in [0.05, 0.1) is 38.3 Å². The Kier molecular flexibility index (Phi) is 5.99. The van der Waals surface area contributed by atoms with Gasteiger partial charge < -0.3 is 9.47 Å².